The number of amides is 1. The fourth-order valence-corrected chi connectivity index (χ4v) is 5.05. The summed E-state index contributed by atoms with van der Waals surface area (Å²) in [7, 11) is 0. The molecule has 5 rings (SSSR count). The number of halogens is 2. The van der Waals surface area contributed by atoms with Crippen molar-refractivity contribution in [3.8, 4) is 0 Å². The zero-order valence-corrected chi connectivity index (χ0v) is 18.8. The highest BCUT2D eigenvalue weighted by Crippen LogP contribution is 2.60. The largest absolute Gasteiger partial charge is 0.444 e. The maximum Gasteiger partial charge on any atom is 0.410 e. The number of carbonyl (C=O) groups excluding carboxylic acids is 1. The highest BCUT2D eigenvalue weighted by Gasteiger charge is 2.59. The molecule has 2 saturated carbocycles. The van der Waals surface area contributed by atoms with Gasteiger partial charge in [0, 0.05) is 24.4 Å². The molecule has 0 N–H and O–H groups in total. The number of aromatic nitrogens is 3. The van der Waals surface area contributed by atoms with Crippen LogP contribution in [0.1, 0.15) is 76.7 Å². The van der Waals surface area contributed by atoms with Crippen LogP contribution in [0.4, 0.5) is 9.18 Å². The lowest BCUT2D eigenvalue weighted by atomic mass is 10.0. The molecule has 0 radical (unpaired) electrons. The Morgan fingerprint density at radius 2 is 1.87 bits per heavy atom. The van der Waals surface area contributed by atoms with Crippen molar-refractivity contribution < 1.29 is 13.9 Å². The number of hydrogen-bond donors (Lipinski definition) is 0. The second-order valence-electron chi connectivity index (χ2n) is 10.3. The first-order valence-corrected chi connectivity index (χ1v) is 11.2. The Morgan fingerprint density at radius 3 is 2.40 bits per heavy atom. The minimum Gasteiger partial charge on any atom is -0.444 e. The van der Waals surface area contributed by atoms with Gasteiger partial charge in [0.2, 0.25) is 0 Å². The second-order valence-corrected chi connectivity index (χ2v) is 10.6. The first kappa shape index (κ1) is 20.0. The molecule has 162 valence electrons. The predicted molar refractivity (Wildman–Crippen MR) is 112 cm³/mol. The second kappa shape index (κ2) is 6.55. The summed E-state index contributed by atoms with van der Waals surface area (Å²) in [6, 6.07) is 0.242. The third-order valence-corrected chi connectivity index (χ3v) is 6.65. The molecule has 2 aromatic rings. The third-order valence-electron chi connectivity index (χ3n) is 6.40. The number of fused-ring (bicyclic) bond motifs is 2. The quantitative estimate of drug-likeness (QED) is 0.618. The van der Waals surface area contributed by atoms with E-state index in [2.05, 4.69) is 4.98 Å². The molecule has 30 heavy (non-hydrogen) atoms. The maximum absolute atomic E-state index is 15.1. The van der Waals surface area contributed by atoms with Gasteiger partial charge >= 0.3 is 6.09 Å². The van der Waals surface area contributed by atoms with Crippen molar-refractivity contribution in [2.45, 2.75) is 70.9 Å². The number of nitrogens with zero attached hydrogens (tertiary/aromatic N) is 4. The smallest absolute Gasteiger partial charge is 0.410 e. The number of likely N-dealkylation sites (tertiary alicyclic amines) is 1. The topological polar surface area (TPSA) is 60.3 Å². The van der Waals surface area contributed by atoms with Gasteiger partial charge in [0.15, 0.2) is 11.0 Å². The minimum atomic E-state index is -0.503. The van der Waals surface area contributed by atoms with Gasteiger partial charge in [-0.05, 0) is 51.4 Å². The fourth-order valence-electron chi connectivity index (χ4n) is 4.87. The van der Waals surface area contributed by atoms with Crippen molar-refractivity contribution in [3.05, 3.63) is 22.4 Å². The molecule has 0 aromatic carbocycles. The monoisotopic (exact) mass is 434 g/mol. The number of piperidine rings is 1. The summed E-state index contributed by atoms with van der Waals surface area (Å²) in [4.78, 5) is 18.6. The van der Waals surface area contributed by atoms with Crippen LogP contribution in [0.15, 0.2) is 0 Å². The normalized spacial score (nSPS) is 25.9. The number of ether oxygens (including phenoxy) is 1. The van der Waals surface area contributed by atoms with Gasteiger partial charge in [-0.15, -0.1) is 0 Å². The van der Waals surface area contributed by atoms with Crippen LogP contribution in [0.5, 0.6) is 0 Å². The molecule has 6 nitrogen and oxygen atoms in total. The van der Waals surface area contributed by atoms with E-state index in [4.69, 9.17) is 21.4 Å². The van der Waals surface area contributed by atoms with Crippen molar-refractivity contribution in [1.29, 1.82) is 0 Å². The van der Waals surface area contributed by atoms with Gasteiger partial charge in [0.25, 0.3) is 0 Å². The molecule has 1 saturated heterocycles. The summed E-state index contributed by atoms with van der Waals surface area (Å²) >= 11 is 6.16. The molecule has 8 heteroatoms. The average molecular weight is 435 g/mol. The average Bonchev–Trinajstić information content (AvgIpc) is 3.52. The van der Waals surface area contributed by atoms with Crippen molar-refractivity contribution in [3.63, 3.8) is 0 Å². The molecule has 0 bridgehead atoms. The zero-order chi connectivity index (χ0) is 21.5. The molecule has 1 amide bonds. The van der Waals surface area contributed by atoms with Crippen molar-refractivity contribution in [2.75, 3.05) is 13.1 Å². The Labute approximate surface area is 180 Å². The summed E-state index contributed by atoms with van der Waals surface area (Å²) in [6.45, 7) is 11.0. The standard InChI is InChI=1S/C22H28ClFN4O2/c1-10(2)17-15-18(26-28(11-6-7-11)19(15)16(24)20(23)25-17)14-12-8-27(9-13(12)14)21(29)30-22(3,4)5/h10-14H,6-9H2,1-5H3/t12-,13+,14?. The Balaban J connectivity index is 1.49. The summed E-state index contributed by atoms with van der Waals surface area (Å²) in [5.74, 6) is 0.538. The van der Waals surface area contributed by atoms with Crippen molar-refractivity contribution in [2.24, 2.45) is 11.8 Å². The highest BCUT2D eigenvalue weighted by atomic mass is 35.5. The van der Waals surface area contributed by atoms with Gasteiger partial charge in [-0.3, -0.25) is 4.68 Å². The van der Waals surface area contributed by atoms with E-state index in [1.807, 2.05) is 39.3 Å². The molecule has 1 aliphatic heterocycles. The van der Waals surface area contributed by atoms with E-state index < -0.39 is 11.4 Å². The van der Waals surface area contributed by atoms with E-state index in [9.17, 15) is 4.79 Å². The summed E-state index contributed by atoms with van der Waals surface area (Å²) in [6.07, 6.45) is 1.76. The summed E-state index contributed by atoms with van der Waals surface area (Å²) in [5, 5.41) is 5.67. The molecule has 3 heterocycles. The van der Waals surface area contributed by atoms with Crippen LogP contribution < -0.4 is 0 Å². The van der Waals surface area contributed by atoms with Crippen LogP contribution >= 0.6 is 11.6 Å². The predicted octanol–water partition coefficient (Wildman–Crippen LogP) is 5.26. The number of rotatable bonds is 3. The Kier molecular flexibility index (Phi) is 4.38. The Bertz CT molecular complexity index is 1030. The molecule has 2 aliphatic carbocycles. The van der Waals surface area contributed by atoms with Crippen LogP contribution in [-0.2, 0) is 4.74 Å². The lowest BCUT2D eigenvalue weighted by Gasteiger charge is -2.25. The Morgan fingerprint density at radius 1 is 1.23 bits per heavy atom. The summed E-state index contributed by atoms with van der Waals surface area (Å²) < 4.78 is 22.4. The fraction of sp³-hybridized carbons (Fsp3) is 0.682. The van der Waals surface area contributed by atoms with Crippen LogP contribution in [0.2, 0.25) is 5.15 Å². The van der Waals surface area contributed by atoms with Crippen LogP contribution in [0, 0.1) is 17.7 Å². The molecule has 1 unspecified atom stereocenters. The van der Waals surface area contributed by atoms with E-state index in [0.717, 1.165) is 29.6 Å². The third kappa shape index (κ3) is 3.17. The first-order chi connectivity index (χ1) is 14.1. The summed E-state index contributed by atoms with van der Waals surface area (Å²) in [5.41, 5.74) is 1.75. The highest BCUT2D eigenvalue weighted by molar-refractivity contribution is 6.30. The van der Waals surface area contributed by atoms with E-state index in [1.165, 1.54) is 0 Å². The number of carbonyl (C=O) groups is 1. The lowest BCUT2D eigenvalue weighted by molar-refractivity contribution is 0.0271. The van der Waals surface area contributed by atoms with E-state index in [-0.39, 0.29) is 29.1 Å². The molecular formula is C22H28ClFN4O2. The van der Waals surface area contributed by atoms with Gasteiger partial charge in [0.05, 0.1) is 17.4 Å². The van der Waals surface area contributed by atoms with Crippen LogP contribution in [-0.4, -0.2) is 44.4 Å². The van der Waals surface area contributed by atoms with Gasteiger partial charge in [-0.2, -0.15) is 5.10 Å². The van der Waals surface area contributed by atoms with Gasteiger partial charge in [-0.25, -0.2) is 14.2 Å². The van der Waals surface area contributed by atoms with Crippen molar-refractivity contribution in [1.82, 2.24) is 19.7 Å². The van der Waals surface area contributed by atoms with Crippen LogP contribution in [0.25, 0.3) is 10.9 Å². The molecule has 3 aliphatic rings. The minimum absolute atomic E-state index is 0.0772. The van der Waals surface area contributed by atoms with E-state index in [0.29, 0.717) is 30.4 Å². The first-order valence-electron chi connectivity index (χ1n) is 10.8. The molecular weight excluding hydrogens is 407 g/mol. The Hall–Kier alpha value is -1.89. The zero-order valence-electron chi connectivity index (χ0n) is 18.1. The van der Waals surface area contributed by atoms with E-state index in [1.54, 1.807) is 4.90 Å². The van der Waals surface area contributed by atoms with Crippen molar-refractivity contribution >= 4 is 28.6 Å². The number of hydrogen-bond acceptors (Lipinski definition) is 4. The lowest BCUT2D eigenvalue weighted by Crippen LogP contribution is -2.36. The number of pyridine rings is 1. The van der Waals surface area contributed by atoms with Gasteiger partial charge in [0.1, 0.15) is 11.1 Å². The molecule has 3 fully saturated rings. The van der Waals surface area contributed by atoms with E-state index >= 15 is 4.39 Å². The molecule has 0 spiro atoms. The molecule has 3 atom stereocenters. The van der Waals surface area contributed by atoms with Crippen LogP contribution in [0.3, 0.4) is 0 Å². The SMILES string of the molecule is CC(C)c1nc(Cl)c(F)c2c1c(C1[C@H]3CN(C(=O)OC(C)(C)C)C[C@@H]13)nn2C1CC1. The molecule has 2 aromatic heterocycles. The van der Waals surface area contributed by atoms with Gasteiger partial charge in [-0.1, -0.05) is 25.4 Å². The van der Waals surface area contributed by atoms with Gasteiger partial charge < -0.3 is 9.64 Å². The maximum atomic E-state index is 15.1.